The normalized spacial score (nSPS) is 11.6. The fourth-order valence-electron chi connectivity index (χ4n) is 2.80. The zero-order valence-corrected chi connectivity index (χ0v) is 14.1. The van der Waals surface area contributed by atoms with Gasteiger partial charge in [-0.15, -0.1) is 0 Å². The van der Waals surface area contributed by atoms with Crippen LogP contribution in [0.2, 0.25) is 0 Å². The monoisotopic (exact) mass is 339 g/mol. The van der Waals surface area contributed by atoms with Gasteiger partial charge in [0.25, 0.3) is 0 Å². The number of nitrogens with zero attached hydrogens (tertiary/aromatic N) is 1. The van der Waals surface area contributed by atoms with Gasteiger partial charge in [0.15, 0.2) is 0 Å². The van der Waals surface area contributed by atoms with Gasteiger partial charge in [-0.3, -0.25) is 0 Å². The van der Waals surface area contributed by atoms with Gasteiger partial charge in [-0.2, -0.15) is 13.2 Å². The largest absolute Gasteiger partial charge is 0.461 e. The number of hydrogen-bond donors (Lipinski definition) is 0. The maximum Gasteiger partial charge on any atom is 0.416 e. The minimum absolute atomic E-state index is 0.288. The van der Waals surface area contributed by atoms with Crippen molar-refractivity contribution in [3.05, 3.63) is 57.9 Å². The topological polar surface area (TPSA) is 31.2 Å². The van der Waals surface area contributed by atoms with E-state index in [1.165, 1.54) is 12.1 Å². The second-order valence-electron chi connectivity index (χ2n) is 5.69. The van der Waals surface area contributed by atoms with Crippen molar-refractivity contribution in [3.63, 3.8) is 0 Å². The Morgan fingerprint density at radius 3 is 2.25 bits per heavy atom. The molecule has 0 fully saturated rings. The quantitative estimate of drug-likeness (QED) is 0.772. The zero-order chi connectivity index (χ0) is 18.1. The van der Waals surface area contributed by atoms with Gasteiger partial charge in [0, 0.05) is 12.7 Å². The number of benzene rings is 1. The van der Waals surface area contributed by atoms with Gasteiger partial charge in [0.2, 0.25) is 0 Å². The van der Waals surface area contributed by atoms with Crippen LogP contribution in [0.4, 0.5) is 13.2 Å². The molecule has 0 atom stereocenters. The van der Waals surface area contributed by atoms with E-state index < -0.39 is 11.7 Å². The second-order valence-corrected chi connectivity index (χ2v) is 5.69. The molecule has 0 amide bonds. The molecule has 1 aromatic carbocycles. The zero-order valence-electron chi connectivity index (χ0n) is 14.1. The molecule has 0 aliphatic carbocycles. The van der Waals surface area contributed by atoms with E-state index in [0.717, 1.165) is 34.5 Å². The van der Waals surface area contributed by atoms with E-state index in [1.807, 2.05) is 13.8 Å². The lowest BCUT2D eigenvalue weighted by atomic mass is 10.00. The minimum atomic E-state index is -4.34. The van der Waals surface area contributed by atoms with E-state index in [4.69, 9.17) is 4.74 Å². The summed E-state index contributed by atoms with van der Waals surface area (Å²) in [7, 11) is 1.78. The molecule has 0 saturated carbocycles. The van der Waals surface area contributed by atoms with E-state index in [2.05, 4.69) is 0 Å². The summed E-state index contributed by atoms with van der Waals surface area (Å²) in [6.45, 7) is 5.75. The molecule has 0 spiro atoms. The van der Waals surface area contributed by atoms with Crippen LogP contribution >= 0.6 is 0 Å². The smallest absolute Gasteiger partial charge is 0.416 e. The first-order chi connectivity index (χ1) is 11.2. The Hall–Kier alpha value is -2.24. The number of esters is 1. The Morgan fingerprint density at radius 1 is 1.17 bits per heavy atom. The van der Waals surface area contributed by atoms with Crippen LogP contribution < -0.4 is 0 Å². The molecule has 0 aliphatic heterocycles. The maximum absolute atomic E-state index is 12.6. The number of carbonyl (C=O) groups excluding carboxylic acids is 1. The summed E-state index contributed by atoms with van der Waals surface area (Å²) >= 11 is 0. The van der Waals surface area contributed by atoms with Crippen LogP contribution in [0.25, 0.3) is 0 Å². The van der Waals surface area contributed by atoms with Crippen molar-refractivity contribution >= 4 is 5.97 Å². The fourth-order valence-corrected chi connectivity index (χ4v) is 2.80. The van der Waals surface area contributed by atoms with Crippen molar-refractivity contribution in [1.82, 2.24) is 4.57 Å². The lowest BCUT2D eigenvalue weighted by molar-refractivity contribution is -0.137. The first-order valence-corrected chi connectivity index (χ1v) is 7.64. The van der Waals surface area contributed by atoms with Crippen LogP contribution in [0.15, 0.2) is 24.3 Å². The highest BCUT2D eigenvalue weighted by Gasteiger charge is 2.30. The molecule has 0 radical (unpaired) electrons. The van der Waals surface area contributed by atoms with Crippen molar-refractivity contribution in [2.24, 2.45) is 7.05 Å². The van der Waals surface area contributed by atoms with E-state index in [-0.39, 0.29) is 12.6 Å². The van der Waals surface area contributed by atoms with Crippen molar-refractivity contribution in [2.45, 2.75) is 33.4 Å². The van der Waals surface area contributed by atoms with Gasteiger partial charge < -0.3 is 9.30 Å². The predicted octanol–water partition coefficient (Wildman–Crippen LogP) is 4.43. The van der Waals surface area contributed by atoms with Crippen molar-refractivity contribution in [3.8, 4) is 0 Å². The van der Waals surface area contributed by atoms with E-state index in [9.17, 15) is 18.0 Å². The molecule has 0 N–H and O–H groups in total. The Balaban J connectivity index is 2.34. The SMILES string of the molecule is CCOC(=O)c1c(C)c(Cc2ccc(C(F)(F)F)cc2)c(C)n1C. The van der Waals surface area contributed by atoms with Crippen molar-refractivity contribution < 1.29 is 22.7 Å². The van der Waals surface area contributed by atoms with Crippen LogP contribution in [0.3, 0.4) is 0 Å². The van der Waals surface area contributed by atoms with Crippen molar-refractivity contribution in [2.75, 3.05) is 6.61 Å². The average molecular weight is 339 g/mol. The second kappa shape index (κ2) is 6.71. The van der Waals surface area contributed by atoms with Crippen LogP contribution in [-0.4, -0.2) is 17.1 Å². The average Bonchev–Trinajstić information content (AvgIpc) is 2.71. The fraction of sp³-hybridized carbons (Fsp3) is 0.389. The predicted molar refractivity (Wildman–Crippen MR) is 85.1 cm³/mol. The molecule has 1 aromatic heterocycles. The molecular weight excluding hydrogens is 319 g/mol. The lowest BCUT2D eigenvalue weighted by Crippen LogP contribution is -2.11. The molecule has 130 valence electrons. The lowest BCUT2D eigenvalue weighted by Gasteiger charge is -2.08. The Morgan fingerprint density at radius 2 is 1.75 bits per heavy atom. The van der Waals surface area contributed by atoms with Crippen LogP contribution in [0.1, 0.15) is 45.4 Å². The van der Waals surface area contributed by atoms with Crippen LogP contribution in [-0.2, 0) is 24.4 Å². The maximum atomic E-state index is 12.6. The molecule has 2 aromatic rings. The molecule has 0 aliphatic rings. The number of rotatable bonds is 4. The van der Waals surface area contributed by atoms with Gasteiger partial charge >= 0.3 is 12.1 Å². The van der Waals surface area contributed by atoms with E-state index in [1.54, 1.807) is 18.5 Å². The molecule has 0 bridgehead atoms. The van der Waals surface area contributed by atoms with Gasteiger partial charge in [0.05, 0.1) is 12.2 Å². The van der Waals surface area contributed by atoms with Gasteiger partial charge in [-0.1, -0.05) is 12.1 Å². The van der Waals surface area contributed by atoms with E-state index >= 15 is 0 Å². The summed E-state index contributed by atoms with van der Waals surface area (Å²) < 4.78 is 44.8. The molecule has 6 heteroatoms. The van der Waals surface area contributed by atoms with Gasteiger partial charge in [-0.25, -0.2) is 4.79 Å². The molecule has 1 heterocycles. The number of ether oxygens (including phenoxy) is 1. The first-order valence-electron chi connectivity index (χ1n) is 7.64. The third-order valence-electron chi connectivity index (χ3n) is 4.21. The van der Waals surface area contributed by atoms with Crippen LogP contribution in [0.5, 0.6) is 0 Å². The summed E-state index contributed by atoms with van der Waals surface area (Å²) in [5.74, 6) is -0.390. The van der Waals surface area contributed by atoms with E-state index in [0.29, 0.717) is 12.1 Å². The van der Waals surface area contributed by atoms with Gasteiger partial charge in [0.1, 0.15) is 5.69 Å². The molecule has 0 unspecified atom stereocenters. The number of hydrogen-bond acceptors (Lipinski definition) is 2. The molecule has 3 nitrogen and oxygen atoms in total. The number of aromatic nitrogens is 1. The van der Waals surface area contributed by atoms with Crippen molar-refractivity contribution in [1.29, 1.82) is 0 Å². The summed E-state index contributed by atoms with van der Waals surface area (Å²) in [6.07, 6.45) is -3.88. The standard InChI is InChI=1S/C18H20F3NO2/c1-5-24-17(23)16-11(2)15(12(3)22(16)4)10-13-6-8-14(9-7-13)18(19,20)21/h6-9H,5,10H2,1-4H3. The Bertz CT molecular complexity index is 743. The summed E-state index contributed by atoms with van der Waals surface area (Å²) in [5, 5.41) is 0. The summed E-state index contributed by atoms with van der Waals surface area (Å²) in [5.41, 5.74) is 3.20. The highest BCUT2D eigenvalue weighted by atomic mass is 19.4. The summed E-state index contributed by atoms with van der Waals surface area (Å²) in [4.78, 5) is 12.1. The first kappa shape index (κ1) is 18.1. The molecular formula is C18H20F3NO2. The third kappa shape index (κ3) is 3.47. The highest BCUT2D eigenvalue weighted by Crippen LogP contribution is 2.30. The minimum Gasteiger partial charge on any atom is -0.461 e. The third-order valence-corrected chi connectivity index (χ3v) is 4.21. The molecule has 2 rings (SSSR count). The number of carbonyl (C=O) groups is 1. The number of alkyl halides is 3. The van der Waals surface area contributed by atoms with Gasteiger partial charge in [-0.05, 0) is 56.0 Å². The Kier molecular flexibility index (Phi) is 5.06. The highest BCUT2D eigenvalue weighted by molar-refractivity contribution is 5.90. The number of halogens is 3. The van der Waals surface area contributed by atoms with Crippen LogP contribution in [0, 0.1) is 13.8 Å². The molecule has 0 saturated heterocycles. The summed E-state index contributed by atoms with van der Waals surface area (Å²) in [6, 6.07) is 5.10. The molecule has 24 heavy (non-hydrogen) atoms. The Labute approximate surface area is 139 Å².